The Morgan fingerprint density at radius 2 is 1.79 bits per heavy atom. The summed E-state index contributed by atoms with van der Waals surface area (Å²) in [6.45, 7) is 5.87. The van der Waals surface area contributed by atoms with Crippen molar-refractivity contribution in [2.24, 2.45) is 0 Å². The lowest BCUT2D eigenvalue weighted by molar-refractivity contribution is 0.102. The van der Waals surface area contributed by atoms with Crippen molar-refractivity contribution in [2.45, 2.75) is 20.8 Å². The van der Waals surface area contributed by atoms with Crippen LogP contribution in [0.15, 0.2) is 34.9 Å². The highest BCUT2D eigenvalue weighted by Crippen LogP contribution is 2.25. The van der Waals surface area contributed by atoms with E-state index in [1.807, 2.05) is 32.9 Å². The Labute approximate surface area is 121 Å². The molecule has 0 saturated carbocycles. The summed E-state index contributed by atoms with van der Waals surface area (Å²) >= 11 is 3.51. The van der Waals surface area contributed by atoms with Gasteiger partial charge in [-0.05, 0) is 56.2 Å². The zero-order valence-electron chi connectivity index (χ0n) is 11.1. The van der Waals surface area contributed by atoms with E-state index >= 15 is 0 Å². The standard InChI is InChI=1S/C15H15BrN2O/c1-9-6-13(7-10(2)14(9)16)18-15(19)12-4-5-17-11(3)8-12/h4-8H,1-3H3,(H,18,19). The average molecular weight is 319 g/mol. The maximum absolute atomic E-state index is 12.1. The lowest BCUT2D eigenvalue weighted by Crippen LogP contribution is -2.12. The Morgan fingerprint density at radius 1 is 1.16 bits per heavy atom. The summed E-state index contributed by atoms with van der Waals surface area (Å²) in [5.41, 5.74) is 4.45. The third kappa shape index (κ3) is 3.20. The van der Waals surface area contributed by atoms with Crippen LogP contribution in [-0.4, -0.2) is 10.9 Å². The van der Waals surface area contributed by atoms with E-state index in [1.54, 1.807) is 18.3 Å². The summed E-state index contributed by atoms with van der Waals surface area (Å²) in [6, 6.07) is 7.38. The van der Waals surface area contributed by atoms with Crippen LogP contribution in [0, 0.1) is 20.8 Å². The lowest BCUT2D eigenvalue weighted by Gasteiger charge is -2.10. The fourth-order valence-corrected chi connectivity index (χ4v) is 2.14. The van der Waals surface area contributed by atoms with Crippen molar-refractivity contribution in [2.75, 3.05) is 5.32 Å². The fourth-order valence-electron chi connectivity index (χ4n) is 1.91. The number of carbonyl (C=O) groups excluding carboxylic acids is 1. The van der Waals surface area contributed by atoms with E-state index in [1.165, 1.54) is 0 Å². The number of aromatic nitrogens is 1. The van der Waals surface area contributed by atoms with Crippen LogP contribution in [-0.2, 0) is 0 Å². The van der Waals surface area contributed by atoms with E-state index in [9.17, 15) is 4.79 Å². The van der Waals surface area contributed by atoms with Gasteiger partial charge in [0.05, 0.1) is 0 Å². The number of halogens is 1. The van der Waals surface area contributed by atoms with Gasteiger partial charge in [0.25, 0.3) is 5.91 Å². The van der Waals surface area contributed by atoms with Gasteiger partial charge in [0.15, 0.2) is 0 Å². The molecule has 98 valence electrons. The van der Waals surface area contributed by atoms with Crippen LogP contribution >= 0.6 is 15.9 Å². The summed E-state index contributed by atoms with van der Waals surface area (Å²) in [5.74, 6) is -0.119. The largest absolute Gasteiger partial charge is 0.322 e. The number of amides is 1. The second-order valence-electron chi connectivity index (χ2n) is 4.56. The Balaban J connectivity index is 2.24. The van der Waals surface area contributed by atoms with E-state index in [0.717, 1.165) is 27.0 Å². The Kier molecular flexibility index (Phi) is 4.00. The normalized spacial score (nSPS) is 10.3. The molecule has 0 bridgehead atoms. The first-order valence-electron chi connectivity index (χ1n) is 5.98. The van der Waals surface area contributed by atoms with Crippen LogP contribution in [0.1, 0.15) is 27.2 Å². The molecule has 2 rings (SSSR count). The van der Waals surface area contributed by atoms with Gasteiger partial charge in [0, 0.05) is 27.6 Å². The minimum absolute atomic E-state index is 0.119. The molecule has 2 aromatic rings. The molecule has 0 radical (unpaired) electrons. The van der Waals surface area contributed by atoms with Gasteiger partial charge in [-0.15, -0.1) is 0 Å². The number of hydrogen-bond acceptors (Lipinski definition) is 2. The molecule has 4 heteroatoms. The highest BCUT2D eigenvalue weighted by atomic mass is 79.9. The number of hydrogen-bond donors (Lipinski definition) is 1. The molecule has 1 aromatic carbocycles. The number of rotatable bonds is 2. The number of nitrogens with zero attached hydrogens (tertiary/aromatic N) is 1. The van der Waals surface area contributed by atoms with E-state index in [2.05, 4.69) is 26.2 Å². The van der Waals surface area contributed by atoms with Crippen molar-refractivity contribution in [1.82, 2.24) is 4.98 Å². The third-order valence-electron chi connectivity index (χ3n) is 2.85. The average Bonchev–Trinajstić information content (AvgIpc) is 2.36. The predicted octanol–water partition coefficient (Wildman–Crippen LogP) is 4.02. The SMILES string of the molecule is Cc1cc(C(=O)Nc2cc(C)c(Br)c(C)c2)ccn1. The minimum Gasteiger partial charge on any atom is -0.322 e. The minimum atomic E-state index is -0.119. The third-order valence-corrected chi connectivity index (χ3v) is 4.10. The lowest BCUT2D eigenvalue weighted by atomic mass is 10.1. The zero-order valence-corrected chi connectivity index (χ0v) is 12.7. The van der Waals surface area contributed by atoms with Crippen molar-refractivity contribution in [3.8, 4) is 0 Å². The molecule has 19 heavy (non-hydrogen) atoms. The molecule has 0 spiro atoms. The van der Waals surface area contributed by atoms with Crippen LogP contribution in [0.4, 0.5) is 5.69 Å². The second kappa shape index (κ2) is 5.53. The van der Waals surface area contributed by atoms with Gasteiger partial charge in [0.2, 0.25) is 0 Å². The Bertz CT molecular complexity index is 615. The number of anilines is 1. The van der Waals surface area contributed by atoms with Crippen LogP contribution in [0.2, 0.25) is 0 Å². The quantitative estimate of drug-likeness (QED) is 0.908. The first-order chi connectivity index (χ1) is 8.97. The maximum Gasteiger partial charge on any atom is 0.255 e. The van der Waals surface area contributed by atoms with Crippen LogP contribution in [0.25, 0.3) is 0 Å². The van der Waals surface area contributed by atoms with Gasteiger partial charge in [-0.2, -0.15) is 0 Å². The molecule has 0 aliphatic heterocycles. The molecule has 1 heterocycles. The molecule has 0 unspecified atom stereocenters. The highest BCUT2D eigenvalue weighted by Gasteiger charge is 2.08. The van der Waals surface area contributed by atoms with Crippen molar-refractivity contribution in [1.29, 1.82) is 0 Å². The number of pyridine rings is 1. The van der Waals surface area contributed by atoms with Gasteiger partial charge >= 0.3 is 0 Å². The molecular weight excluding hydrogens is 304 g/mol. The summed E-state index contributed by atoms with van der Waals surface area (Å²) in [5, 5.41) is 2.91. The van der Waals surface area contributed by atoms with Crippen molar-refractivity contribution in [3.63, 3.8) is 0 Å². The fraction of sp³-hybridized carbons (Fsp3) is 0.200. The number of aryl methyl sites for hydroxylation is 3. The number of nitrogens with one attached hydrogen (secondary N) is 1. The first-order valence-corrected chi connectivity index (χ1v) is 6.77. The van der Waals surface area contributed by atoms with E-state index in [0.29, 0.717) is 5.56 Å². The predicted molar refractivity (Wildman–Crippen MR) is 80.5 cm³/mol. The van der Waals surface area contributed by atoms with Gasteiger partial charge < -0.3 is 5.32 Å². The van der Waals surface area contributed by atoms with Gasteiger partial charge in [0.1, 0.15) is 0 Å². The molecule has 0 saturated heterocycles. The molecule has 1 amide bonds. The Hall–Kier alpha value is -1.68. The smallest absolute Gasteiger partial charge is 0.255 e. The molecule has 0 aliphatic carbocycles. The van der Waals surface area contributed by atoms with E-state index in [-0.39, 0.29) is 5.91 Å². The molecule has 1 aromatic heterocycles. The molecule has 0 aliphatic rings. The van der Waals surface area contributed by atoms with Crippen molar-refractivity contribution >= 4 is 27.5 Å². The zero-order chi connectivity index (χ0) is 14.0. The van der Waals surface area contributed by atoms with Crippen LogP contribution in [0.5, 0.6) is 0 Å². The first kappa shape index (κ1) is 13.7. The van der Waals surface area contributed by atoms with Crippen molar-refractivity contribution < 1.29 is 4.79 Å². The Morgan fingerprint density at radius 3 is 2.37 bits per heavy atom. The van der Waals surface area contributed by atoms with E-state index < -0.39 is 0 Å². The van der Waals surface area contributed by atoms with Gasteiger partial charge in [-0.25, -0.2) is 0 Å². The van der Waals surface area contributed by atoms with E-state index in [4.69, 9.17) is 0 Å². The second-order valence-corrected chi connectivity index (χ2v) is 5.36. The molecule has 3 nitrogen and oxygen atoms in total. The van der Waals surface area contributed by atoms with Crippen LogP contribution < -0.4 is 5.32 Å². The van der Waals surface area contributed by atoms with Gasteiger partial charge in [-0.1, -0.05) is 15.9 Å². The summed E-state index contributed by atoms with van der Waals surface area (Å²) < 4.78 is 1.07. The maximum atomic E-state index is 12.1. The molecule has 1 N–H and O–H groups in total. The summed E-state index contributed by atoms with van der Waals surface area (Å²) in [4.78, 5) is 16.2. The topological polar surface area (TPSA) is 42.0 Å². The monoisotopic (exact) mass is 318 g/mol. The molecule has 0 fully saturated rings. The number of carbonyl (C=O) groups is 1. The van der Waals surface area contributed by atoms with Gasteiger partial charge in [-0.3, -0.25) is 9.78 Å². The summed E-state index contributed by atoms with van der Waals surface area (Å²) in [7, 11) is 0. The van der Waals surface area contributed by atoms with Crippen molar-refractivity contribution in [3.05, 3.63) is 57.3 Å². The summed E-state index contributed by atoms with van der Waals surface area (Å²) in [6.07, 6.45) is 1.64. The van der Waals surface area contributed by atoms with Crippen LogP contribution in [0.3, 0.4) is 0 Å². The molecular formula is C15H15BrN2O. The highest BCUT2D eigenvalue weighted by molar-refractivity contribution is 9.10. The number of benzene rings is 1. The molecule has 0 atom stereocenters.